The lowest BCUT2D eigenvalue weighted by Gasteiger charge is -2.30. The standard InChI is InChI=1S/C27H28F3N3O/c1-18-8-13-22(16-19(18)2)33(15-14-20-9-11-21(12-10-20)27(28,29)30)25(34)17-26(3)31-23-6-4-5-7-24(23)32-26/h4-13,16,31-32H,14-15,17H2,1-3H3. The number of carbonyl (C=O) groups excluding carboxylic acids is 1. The summed E-state index contributed by atoms with van der Waals surface area (Å²) in [5.74, 6) is -0.0783. The minimum Gasteiger partial charge on any atom is -0.361 e. The molecule has 0 saturated heterocycles. The van der Waals surface area contributed by atoms with Gasteiger partial charge in [0.2, 0.25) is 5.91 Å². The highest BCUT2D eigenvalue weighted by Crippen LogP contribution is 2.36. The zero-order chi connectivity index (χ0) is 24.5. The van der Waals surface area contributed by atoms with Crippen LogP contribution in [0.4, 0.5) is 30.2 Å². The van der Waals surface area contributed by atoms with Crippen LogP contribution >= 0.6 is 0 Å². The number of para-hydroxylation sites is 2. The molecular weight excluding hydrogens is 439 g/mol. The molecule has 4 nitrogen and oxygen atoms in total. The number of carbonyl (C=O) groups is 1. The van der Waals surface area contributed by atoms with E-state index >= 15 is 0 Å². The summed E-state index contributed by atoms with van der Waals surface area (Å²) < 4.78 is 38.7. The molecule has 0 aromatic heterocycles. The fourth-order valence-electron chi connectivity index (χ4n) is 4.21. The van der Waals surface area contributed by atoms with Crippen LogP contribution in [0.15, 0.2) is 66.7 Å². The number of amides is 1. The number of benzene rings is 3. The molecule has 0 atom stereocenters. The average molecular weight is 468 g/mol. The number of nitrogens with one attached hydrogen (secondary N) is 2. The second kappa shape index (κ2) is 9.05. The third kappa shape index (κ3) is 5.19. The molecule has 4 rings (SSSR count). The van der Waals surface area contributed by atoms with Gasteiger partial charge in [-0.15, -0.1) is 0 Å². The first-order valence-electron chi connectivity index (χ1n) is 11.2. The molecule has 1 heterocycles. The molecule has 1 aliphatic heterocycles. The fourth-order valence-corrected chi connectivity index (χ4v) is 4.21. The first-order valence-corrected chi connectivity index (χ1v) is 11.2. The van der Waals surface area contributed by atoms with Gasteiger partial charge in [-0.1, -0.05) is 30.3 Å². The number of rotatable bonds is 6. The van der Waals surface area contributed by atoms with E-state index in [0.717, 1.165) is 45.9 Å². The van der Waals surface area contributed by atoms with E-state index in [9.17, 15) is 18.0 Å². The van der Waals surface area contributed by atoms with Crippen LogP contribution in [0, 0.1) is 13.8 Å². The van der Waals surface area contributed by atoms with Crippen molar-refractivity contribution in [3.05, 3.63) is 89.0 Å². The summed E-state index contributed by atoms with van der Waals surface area (Å²) in [5.41, 5.74) is 4.28. The minimum absolute atomic E-state index is 0.0783. The number of fused-ring (bicyclic) bond motifs is 1. The van der Waals surface area contributed by atoms with E-state index < -0.39 is 17.4 Å². The first kappa shape index (κ1) is 23.7. The Labute approximate surface area is 197 Å². The van der Waals surface area contributed by atoms with Crippen molar-refractivity contribution in [3.63, 3.8) is 0 Å². The van der Waals surface area contributed by atoms with E-state index in [1.165, 1.54) is 12.1 Å². The van der Waals surface area contributed by atoms with Crippen LogP contribution in [0.5, 0.6) is 0 Å². The summed E-state index contributed by atoms with van der Waals surface area (Å²) in [6.45, 7) is 6.31. The third-order valence-corrected chi connectivity index (χ3v) is 6.26. The number of aryl methyl sites for hydroxylation is 2. The summed E-state index contributed by atoms with van der Waals surface area (Å²) in [5, 5.41) is 6.80. The van der Waals surface area contributed by atoms with Crippen LogP contribution in [0.2, 0.25) is 0 Å². The van der Waals surface area contributed by atoms with Gasteiger partial charge < -0.3 is 15.5 Å². The van der Waals surface area contributed by atoms with Gasteiger partial charge in [-0.25, -0.2) is 0 Å². The van der Waals surface area contributed by atoms with Crippen molar-refractivity contribution >= 4 is 23.0 Å². The predicted molar refractivity (Wildman–Crippen MR) is 130 cm³/mol. The van der Waals surface area contributed by atoms with E-state index in [1.807, 2.05) is 63.2 Å². The Hall–Kier alpha value is -3.48. The van der Waals surface area contributed by atoms with Crippen molar-refractivity contribution in [1.82, 2.24) is 0 Å². The zero-order valence-corrected chi connectivity index (χ0v) is 19.5. The largest absolute Gasteiger partial charge is 0.416 e. The Morgan fingerprint density at radius 3 is 2.09 bits per heavy atom. The van der Waals surface area contributed by atoms with E-state index in [1.54, 1.807) is 4.90 Å². The highest BCUT2D eigenvalue weighted by molar-refractivity contribution is 5.95. The molecule has 7 heteroatoms. The summed E-state index contributed by atoms with van der Waals surface area (Å²) >= 11 is 0. The van der Waals surface area contributed by atoms with E-state index in [-0.39, 0.29) is 12.3 Å². The molecule has 2 N–H and O–H groups in total. The molecule has 1 amide bonds. The molecule has 0 aliphatic carbocycles. The lowest BCUT2D eigenvalue weighted by molar-refractivity contribution is -0.137. The molecule has 0 radical (unpaired) electrons. The van der Waals surface area contributed by atoms with Gasteiger partial charge in [0.1, 0.15) is 5.66 Å². The summed E-state index contributed by atoms with van der Waals surface area (Å²) in [4.78, 5) is 15.3. The van der Waals surface area contributed by atoms with Gasteiger partial charge in [-0.05, 0) is 80.3 Å². The lowest BCUT2D eigenvalue weighted by atomic mass is 10.0. The lowest BCUT2D eigenvalue weighted by Crippen LogP contribution is -2.45. The van der Waals surface area contributed by atoms with Crippen LogP contribution in [-0.4, -0.2) is 18.1 Å². The van der Waals surface area contributed by atoms with Crippen molar-refractivity contribution < 1.29 is 18.0 Å². The van der Waals surface area contributed by atoms with Gasteiger partial charge in [0, 0.05) is 12.2 Å². The summed E-state index contributed by atoms with van der Waals surface area (Å²) in [6.07, 6.45) is -3.73. The number of hydrogen-bond acceptors (Lipinski definition) is 3. The number of hydrogen-bond donors (Lipinski definition) is 2. The second-order valence-electron chi connectivity index (χ2n) is 9.06. The zero-order valence-electron chi connectivity index (χ0n) is 19.5. The van der Waals surface area contributed by atoms with Gasteiger partial charge in [0.15, 0.2) is 0 Å². The summed E-state index contributed by atoms with van der Waals surface area (Å²) in [7, 11) is 0. The molecule has 3 aromatic carbocycles. The Morgan fingerprint density at radius 2 is 1.53 bits per heavy atom. The van der Waals surface area contributed by atoms with Crippen LogP contribution < -0.4 is 15.5 Å². The number of nitrogens with zero attached hydrogens (tertiary/aromatic N) is 1. The van der Waals surface area contributed by atoms with E-state index in [2.05, 4.69) is 10.6 Å². The van der Waals surface area contributed by atoms with Crippen LogP contribution in [0.3, 0.4) is 0 Å². The fraction of sp³-hybridized carbons (Fsp3) is 0.296. The number of halogens is 3. The van der Waals surface area contributed by atoms with Gasteiger partial charge in [0.25, 0.3) is 0 Å². The maximum atomic E-state index is 13.6. The van der Waals surface area contributed by atoms with Crippen LogP contribution in [0.1, 0.15) is 35.6 Å². The minimum atomic E-state index is -4.37. The number of anilines is 3. The molecule has 1 aliphatic rings. The molecule has 3 aromatic rings. The van der Waals surface area contributed by atoms with Crippen molar-refractivity contribution in [3.8, 4) is 0 Å². The Morgan fingerprint density at radius 1 is 0.912 bits per heavy atom. The molecular formula is C27H28F3N3O. The van der Waals surface area contributed by atoms with Crippen LogP contribution in [-0.2, 0) is 17.4 Å². The summed E-state index contributed by atoms with van der Waals surface area (Å²) in [6, 6.07) is 18.8. The SMILES string of the molecule is Cc1ccc(N(CCc2ccc(C(F)(F)F)cc2)C(=O)CC2(C)Nc3ccccc3N2)cc1C. The topological polar surface area (TPSA) is 44.4 Å². The average Bonchev–Trinajstić information content (AvgIpc) is 3.11. The number of alkyl halides is 3. The maximum absolute atomic E-state index is 13.6. The smallest absolute Gasteiger partial charge is 0.361 e. The van der Waals surface area contributed by atoms with Crippen molar-refractivity contribution in [2.45, 2.75) is 45.5 Å². The Balaban J connectivity index is 1.53. The van der Waals surface area contributed by atoms with E-state index in [4.69, 9.17) is 0 Å². The van der Waals surface area contributed by atoms with Crippen LogP contribution in [0.25, 0.3) is 0 Å². The molecule has 178 valence electrons. The maximum Gasteiger partial charge on any atom is 0.416 e. The van der Waals surface area contributed by atoms with Gasteiger partial charge in [-0.3, -0.25) is 4.79 Å². The van der Waals surface area contributed by atoms with Gasteiger partial charge >= 0.3 is 6.18 Å². The molecule has 34 heavy (non-hydrogen) atoms. The van der Waals surface area contributed by atoms with Gasteiger partial charge in [-0.2, -0.15) is 13.2 Å². The van der Waals surface area contributed by atoms with Gasteiger partial charge in [0.05, 0.1) is 23.4 Å². The molecule has 0 unspecified atom stereocenters. The van der Waals surface area contributed by atoms with Crippen molar-refractivity contribution in [2.24, 2.45) is 0 Å². The third-order valence-electron chi connectivity index (χ3n) is 6.26. The monoisotopic (exact) mass is 467 g/mol. The normalized spacial score (nSPS) is 14.2. The Bertz CT molecular complexity index is 1160. The van der Waals surface area contributed by atoms with Crippen molar-refractivity contribution in [2.75, 3.05) is 22.1 Å². The quantitative estimate of drug-likeness (QED) is 0.433. The highest BCUT2D eigenvalue weighted by Gasteiger charge is 2.35. The molecule has 0 spiro atoms. The molecule has 0 bridgehead atoms. The van der Waals surface area contributed by atoms with Crippen molar-refractivity contribution in [1.29, 1.82) is 0 Å². The first-order chi connectivity index (χ1) is 16.0. The highest BCUT2D eigenvalue weighted by atomic mass is 19.4. The Kier molecular flexibility index (Phi) is 6.30. The second-order valence-corrected chi connectivity index (χ2v) is 9.06. The predicted octanol–water partition coefficient (Wildman–Crippen LogP) is 6.54. The van der Waals surface area contributed by atoms with E-state index in [0.29, 0.717) is 13.0 Å². The molecule has 0 fully saturated rings. The molecule has 0 saturated carbocycles.